The summed E-state index contributed by atoms with van der Waals surface area (Å²) in [6.45, 7) is 7.01. The molecule has 2 heterocycles. The maximum atomic E-state index is 13.4. The fourth-order valence-corrected chi connectivity index (χ4v) is 5.45. The second kappa shape index (κ2) is 7.97. The molecule has 5 rings (SSSR count). The Hall–Kier alpha value is -3.09. The molecule has 182 valence electrons. The van der Waals surface area contributed by atoms with E-state index in [1.165, 1.54) is 26.6 Å². The standard InChI is InChI=1S/C28H27F5N2/c1-4-13-35-17-22-24(20-7-5-6-8-23(20)35)21-10-9-18-16-34(15-12-27(29,30)28(31,32)33)14-11-19(18)25(21)26(22,2)3/h5-11,14,16-17H,4,12-13,15H2,1-3H3/q+2. The third-order valence-electron chi connectivity index (χ3n) is 7.18. The van der Waals surface area contributed by atoms with Crippen molar-refractivity contribution in [2.24, 2.45) is 0 Å². The molecule has 0 saturated carbocycles. The first-order valence-electron chi connectivity index (χ1n) is 11.8. The van der Waals surface area contributed by atoms with Crippen LogP contribution in [-0.4, -0.2) is 12.1 Å². The predicted octanol–water partition coefficient (Wildman–Crippen LogP) is 6.87. The quantitative estimate of drug-likeness (QED) is 0.215. The van der Waals surface area contributed by atoms with Crippen LogP contribution in [0.25, 0.3) is 32.8 Å². The van der Waals surface area contributed by atoms with Crippen LogP contribution in [0.5, 0.6) is 0 Å². The van der Waals surface area contributed by atoms with Crippen LogP contribution in [0.1, 0.15) is 44.7 Å². The van der Waals surface area contributed by atoms with Crippen molar-refractivity contribution in [2.45, 2.75) is 64.2 Å². The number of nitrogens with zero attached hydrogens (tertiary/aromatic N) is 2. The summed E-state index contributed by atoms with van der Waals surface area (Å²) in [6.07, 6.45) is -0.317. The molecule has 0 amide bonds. The number of rotatable bonds is 5. The van der Waals surface area contributed by atoms with Crippen molar-refractivity contribution in [3.63, 3.8) is 0 Å². The lowest BCUT2D eigenvalue weighted by molar-refractivity contribution is -0.699. The molecule has 35 heavy (non-hydrogen) atoms. The summed E-state index contributed by atoms with van der Waals surface area (Å²) in [6, 6.07) is 14.2. The molecular weight excluding hydrogens is 459 g/mol. The topological polar surface area (TPSA) is 7.76 Å². The average molecular weight is 487 g/mol. The molecule has 0 bridgehead atoms. The maximum Gasteiger partial charge on any atom is 0.453 e. The molecule has 4 aromatic rings. The zero-order valence-electron chi connectivity index (χ0n) is 19.9. The molecule has 0 radical (unpaired) electrons. The Balaban J connectivity index is 1.63. The Bertz CT molecular complexity index is 1450. The third-order valence-corrected chi connectivity index (χ3v) is 7.18. The van der Waals surface area contributed by atoms with Gasteiger partial charge in [-0.05, 0) is 28.6 Å². The van der Waals surface area contributed by atoms with Crippen molar-refractivity contribution in [2.75, 3.05) is 0 Å². The van der Waals surface area contributed by atoms with Gasteiger partial charge in [-0.3, -0.25) is 0 Å². The first kappa shape index (κ1) is 23.6. The van der Waals surface area contributed by atoms with E-state index < -0.39 is 25.1 Å². The van der Waals surface area contributed by atoms with Crippen LogP contribution in [0.3, 0.4) is 0 Å². The Morgan fingerprint density at radius 2 is 1.60 bits per heavy atom. The number of alkyl halides is 5. The van der Waals surface area contributed by atoms with Gasteiger partial charge in [0.15, 0.2) is 25.1 Å². The second-order valence-electron chi connectivity index (χ2n) is 9.88. The van der Waals surface area contributed by atoms with Gasteiger partial charge >= 0.3 is 12.1 Å². The minimum Gasteiger partial charge on any atom is -0.204 e. The van der Waals surface area contributed by atoms with Crippen molar-refractivity contribution in [1.29, 1.82) is 0 Å². The van der Waals surface area contributed by atoms with E-state index in [2.05, 4.69) is 49.7 Å². The van der Waals surface area contributed by atoms with Crippen LogP contribution < -0.4 is 9.13 Å². The number of benzene rings is 2. The Morgan fingerprint density at radius 1 is 0.857 bits per heavy atom. The number of para-hydroxylation sites is 1. The molecule has 0 spiro atoms. The van der Waals surface area contributed by atoms with E-state index in [0.717, 1.165) is 34.9 Å². The third kappa shape index (κ3) is 3.67. The van der Waals surface area contributed by atoms with Crippen LogP contribution in [0, 0.1) is 0 Å². The lowest BCUT2D eigenvalue weighted by Crippen LogP contribution is -2.42. The first-order chi connectivity index (χ1) is 16.5. The summed E-state index contributed by atoms with van der Waals surface area (Å²) in [4.78, 5) is 0. The van der Waals surface area contributed by atoms with Crippen molar-refractivity contribution < 1.29 is 31.1 Å². The van der Waals surface area contributed by atoms with E-state index in [1.807, 2.05) is 24.3 Å². The smallest absolute Gasteiger partial charge is 0.204 e. The number of aromatic nitrogens is 2. The van der Waals surface area contributed by atoms with Gasteiger partial charge in [-0.25, -0.2) is 4.57 Å². The SMILES string of the molecule is CCC[n+]1cc2c(c3ccccc31)-c1ccc3c[n+](CCC(F)(F)C(F)(F)F)ccc3c1C2(C)C. The van der Waals surface area contributed by atoms with Crippen LogP contribution in [0.15, 0.2) is 61.1 Å². The predicted molar refractivity (Wildman–Crippen MR) is 125 cm³/mol. The minimum atomic E-state index is -5.54. The van der Waals surface area contributed by atoms with Gasteiger partial charge in [0.05, 0.1) is 11.8 Å². The van der Waals surface area contributed by atoms with Gasteiger partial charge in [0, 0.05) is 40.5 Å². The van der Waals surface area contributed by atoms with Crippen molar-refractivity contribution in [3.05, 3.63) is 72.2 Å². The van der Waals surface area contributed by atoms with Gasteiger partial charge in [0.2, 0.25) is 5.52 Å². The molecule has 1 aliphatic rings. The summed E-state index contributed by atoms with van der Waals surface area (Å²) in [7, 11) is 0. The van der Waals surface area contributed by atoms with E-state index in [-0.39, 0.29) is 5.41 Å². The fraction of sp³-hybridized carbons (Fsp3) is 0.357. The van der Waals surface area contributed by atoms with E-state index in [4.69, 9.17) is 0 Å². The number of fused-ring (bicyclic) bond motifs is 7. The Morgan fingerprint density at radius 3 is 2.31 bits per heavy atom. The lowest BCUT2D eigenvalue weighted by Gasteiger charge is -2.22. The second-order valence-corrected chi connectivity index (χ2v) is 9.88. The van der Waals surface area contributed by atoms with Crippen LogP contribution in [0.2, 0.25) is 0 Å². The molecule has 2 aromatic heterocycles. The van der Waals surface area contributed by atoms with Gasteiger partial charge in [-0.1, -0.05) is 39.0 Å². The highest BCUT2D eigenvalue weighted by atomic mass is 19.4. The van der Waals surface area contributed by atoms with Crippen molar-refractivity contribution in [1.82, 2.24) is 0 Å². The highest BCUT2D eigenvalue weighted by molar-refractivity contribution is 6.04. The van der Waals surface area contributed by atoms with Crippen LogP contribution >= 0.6 is 0 Å². The Kier molecular flexibility index (Phi) is 5.38. The average Bonchev–Trinajstić information content (AvgIpc) is 3.04. The highest BCUT2D eigenvalue weighted by Crippen LogP contribution is 2.52. The molecule has 0 atom stereocenters. The maximum absolute atomic E-state index is 13.4. The highest BCUT2D eigenvalue weighted by Gasteiger charge is 2.57. The molecule has 2 nitrogen and oxygen atoms in total. The monoisotopic (exact) mass is 486 g/mol. The number of hydrogen-bond donors (Lipinski definition) is 0. The van der Waals surface area contributed by atoms with Crippen molar-refractivity contribution >= 4 is 21.7 Å². The summed E-state index contributed by atoms with van der Waals surface area (Å²) in [5.41, 5.74) is 5.59. The Labute approximate surface area is 200 Å². The zero-order chi connectivity index (χ0) is 25.2. The molecule has 0 fully saturated rings. The molecule has 7 heteroatoms. The van der Waals surface area contributed by atoms with E-state index >= 15 is 0 Å². The van der Waals surface area contributed by atoms with Gasteiger partial charge in [0.1, 0.15) is 6.54 Å². The van der Waals surface area contributed by atoms with Crippen LogP contribution in [0.4, 0.5) is 22.0 Å². The number of halogens is 5. The summed E-state index contributed by atoms with van der Waals surface area (Å²) < 4.78 is 68.3. The summed E-state index contributed by atoms with van der Waals surface area (Å²) in [5, 5.41) is 2.98. The summed E-state index contributed by atoms with van der Waals surface area (Å²) >= 11 is 0. The largest absolute Gasteiger partial charge is 0.453 e. The van der Waals surface area contributed by atoms with Crippen LogP contribution in [-0.2, 0) is 18.5 Å². The van der Waals surface area contributed by atoms with Gasteiger partial charge in [0.25, 0.3) is 0 Å². The van der Waals surface area contributed by atoms with Gasteiger partial charge in [-0.15, -0.1) is 0 Å². The zero-order valence-corrected chi connectivity index (χ0v) is 19.9. The lowest BCUT2D eigenvalue weighted by atomic mass is 9.81. The molecule has 0 saturated heterocycles. The fourth-order valence-electron chi connectivity index (χ4n) is 5.45. The number of hydrogen-bond acceptors (Lipinski definition) is 0. The van der Waals surface area contributed by atoms with Gasteiger partial charge in [-0.2, -0.15) is 26.5 Å². The molecular formula is C28H27F5N2+2. The molecule has 2 aromatic carbocycles. The van der Waals surface area contributed by atoms with Gasteiger partial charge < -0.3 is 0 Å². The minimum absolute atomic E-state index is 0.306. The van der Waals surface area contributed by atoms with E-state index in [0.29, 0.717) is 0 Å². The van der Waals surface area contributed by atoms with E-state index in [1.54, 1.807) is 12.4 Å². The van der Waals surface area contributed by atoms with E-state index in [9.17, 15) is 22.0 Å². The van der Waals surface area contributed by atoms with Crippen molar-refractivity contribution in [3.8, 4) is 11.1 Å². The number of pyridine rings is 2. The molecule has 0 N–H and O–H groups in total. The first-order valence-corrected chi connectivity index (χ1v) is 11.8. The molecule has 0 unspecified atom stereocenters. The summed E-state index contributed by atoms with van der Waals surface area (Å²) in [5.74, 6) is -4.72. The molecule has 1 aliphatic carbocycles. The number of aryl methyl sites for hydroxylation is 2. The normalized spacial score (nSPS) is 15.0. The molecule has 0 aliphatic heterocycles.